The van der Waals surface area contributed by atoms with Gasteiger partial charge in [-0.05, 0) is 18.6 Å². The van der Waals surface area contributed by atoms with E-state index in [2.05, 4.69) is 9.97 Å². The summed E-state index contributed by atoms with van der Waals surface area (Å²) in [6, 6.07) is 1.29. The SMILES string of the molecule is CCC(N)c1cc(=O)[nH]c(=S)[nH]1. The molecule has 0 amide bonds. The van der Waals surface area contributed by atoms with Crippen LogP contribution < -0.4 is 11.3 Å². The fraction of sp³-hybridized carbons (Fsp3) is 0.429. The van der Waals surface area contributed by atoms with Gasteiger partial charge in [0, 0.05) is 17.8 Å². The quantitative estimate of drug-likeness (QED) is 0.598. The molecule has 5 heteroatoms. The number of nitrogens with one attached hydrogen (secondary N) is 2. The number of hydrogen-bond donors (Lipinski definition) is 3. The van der Waals surface area contributed by atoms with Gasteiger partial charge in [-0.3, -0.25) is 9.78 Å². The third-order valence-corrected chi connectivity index (χ3v) is 1.82. The van der Waals surface area contributed by atoms with Crippen molar-refractivity contribution < 1.29 is 0 Å². The van der Waals surface area contributed by atoms with Gasteiger partial charge in [-0.25, -0.2) is 0 Å². The van der Waals surface area contributed by atoms with Gasteiger partial charge >= 0.3 is 0 Å². The van der Waals surface area contributed by atoms with Gasteiger partial charge in [0.2, 0.25) is 0 Å². The van der Waals surface area contributed by atoms with E-state index in [1.165, 1.54) is 6.07 Å². The van der Waals surface area contributed by atoms with Gasteiger partial charge in [-0.15, -0.1) is 0 Å². The lowest BCUT2D eigenvalue weighted by molar-refractivity contribution is 0.669. The Hall–Kier alpha value is -0.940. The van der Waals surface area contributed by atoms with Crippen LogP contribution in [-0.4, -0.2) is 9.97 Å². The minimum absolute atomic E-state index is 0.144. The molecule has 1 aromatic rings. The van der Waals surface area contributed by atoms with E-state index in [4.69, 9.17) is 18.0 Å². The highest BCUT2D eigenvalue weighted by Gasteiger charge is 2.03. The molecule has 1 unspecified atom stereocenters. The minimum atomic E-state index is -0.211. The van der Waals surface area contributed by atoms with Gasteiger partial charge in [0.05, 0.1) is 0 Å². The average Bonchev–Trinajstić information content (AvgIpc) is 2.01. The Morgan fingerprint density at radius 1 is 1.67 bits per heavy atom. The molecule has 0 saturated carbocycles. The van der Waals surface area contributed by atoms with Gasteiger partial charge in [0.15, 0.2) is 4.77 Å². The van der Waals surface area contributed by atoms with E-state index < -0.39 is 0 Å². The first kappa shape index (κ1) is 9.15. The topological polar surface area (TPSA) is 74.7 Å². The van der Waals surface area contributed by atoms with Crippen molar-refractivity contribution in [2.75, 3.05) is 0 Å². The molecule has 0 radical (unpaired) electrons. The largest absolute Gasteiger partial charge is 0.334 e. The third kappa shape index (κ3) is 2.02. The van der Waals surface area contributed by atoms with Gasteiger partial charge in [0.1, 0.15) is 0 Å². The maximum absolute atomic E-state index is 10.9. The van der Waals surface area contributed by atoms with Crippen molar-refractivity contribution in [2.24, 2.45) is 5.73 Å². The van der Waals surface area contributed by atoms with Gasteiger partial charge < -0.3 is 10.7 Å². The van der Waals surface area contributed by atoms with Crippen molar-refractivity contribution >= 4 is 12.2 Å². The van der Waals surface area contributed by atoms with Crippen LogP contribution in [0.15, 0.2) is 10.9 Å². The lowest BCUT2D eigenvalue weighted by atomic mass is 10.2. The fourth-order valence-electron chi connectivity index (χ4n) is 0.907. The molecular weight excluding hydrogens is 174 g/mol. The monoisotopic (exact) mass is 185 g/mol. The van der Waals surface area contributed by atoms with Crippen LogP contribution >= 0.6 is 12.2 Å². The second-order valence-electron chi connectivity index (χ2n) is 2.56. The summed E-state index contributed by atoms with van der Waals surface area (Å²) in [5, 5.41) is 0. The number of nitrogens with two attached hydrogens (primary N) is 1. The normalized spacial score (nSPS) is 12.8. The molecule has 66 valence electrons. The molecule has 1 heterocycles. The first-order valence-corrected chi connectivity index (χ1v) is 4.13. The fourth-order valence-corrected chi connectivity index (χ4v) is 1.13. The smallest absolute Gasteiger partial charge is 0.251 e. The molecule has 1 rings (SSSR count). The van der Waals surface area contributed by atoms with E-state index >= 15 is 0 Å². The van der Waals surface area contributed by atoms with Gasteiger partial charge in [0.25, 0.3) is 5.56 Å². The second-order valence-corrected chi connectivity index (χ2v) is 2.97. The Bertz CT molecular complexity index is 339. The molecule has 12 heavy (non-hydrogen) atoms. The molecule has 0 aliphatic carbocycles. The predicted molar refractivity (Wildman–Crippen MR) is 49.5 cm³/mol. The lowest BCUT2D eigenvalue weighted by Crippen LogP contribution is -2.16. The maximum Gasteiger partial charge on any atom is 0.251 e. The number of aromatic amines is 2. The number of aromatic nitrogens is 2. The Kier molecular flexibility index (Phi) is 2.78. The van der Waals surface area contributed by atoms with Gasteiger partial charge in [-0.1, -0.05) is 6.92 Å². The standard InChI is InChI=1S/C7H11N3OS/c1-2-4(8)5-3-6(11)10-7(12)9-5/h3-4H,2,8H2,1H3,(H2,9,10,11,12). The van der Waals surface area contributed by atoms with Crippen LogP contribution in [-0.2, 0) is 0 Å². The summed E-state index contributed by atoms with van der Waals surface area (Å²) >= 11 is 4.79. The highest BCUT2D eigenvalue weighted by molar-refractivity contribution is 7.71. The van der Waals surface area contributed by atoms with Crippen LogP contribution in [0.4, 0.5) is 0 Å². The predicted octanol–water partition coefficient (Wildman–Crippen LogP) is 0.842. The molecule has 0 fully saturated rings. The Labute approximate surface area is 74.8 Å². The van der Waals surface area contributed by atoms with Crippen molar-refractivity contribution in [1.82, 2.24) is 9.97 Å². The zero-order valence-electron chi connectivity index (χ0n) is 6.76. The molecule has 0 spiro atoms. The molecule has 4 N–H and O–H groups in total. The van der Waals surface area contributed by atoms with E-state index in [0.29, 0.717) is 10.5 Å². The Morgan fingerprint density at radius 3 is 2.83 bits per heavy atom. The van der Waals surface area contributed by atoms with Crippen LogP contribution in [0.5, 0.6) is 0 Å². The second kappa shape index (κ2) is 3.64. The summed E-state index contributed by atoms with van der Waals surface area (Å²) in [6.45, 7) is 1.95. The highest BCUT2D eigenvalue weighted by atomic mass is 32.1. The third-order valence-electron chi connectivity index (χ3n) is 1.62. The van der Waals surface area contributed by atoms with E-state index in [9.17, 15) is 4.79 Å². The number of H-pyrrole nitrogens is 2. The summed E-state index contributed by atoms with van der Waals surface area (Å²) in [5.74, 6) is 0. The average molecular weight is 185 g/mol. The molecule has 4 nitrogen and oxygen atoms in total. The van der Waals surface area contributed by atoms with Gasteiger partial charge in [-0.2, -0.15) is 0 Å². The lowest BCUT2D eigenvalue weighted by Gasteiger charge is -2.07. The van der Waals surface area contributed by atoms with E-state index in [1.54, 1.807) is 0 Å². The van der Waals surface area contributed by atoms with E-state index in [0.717, 1.165) is 6.42 Å². The van der Waals surface area contributed by atoms with E-state index in [1.807, 2.05) is 6.92 Å². The van der Waals surface area contributed by atoms with Crippen molar-refractivity contribution in [1.29, 1.82) is 0 Å². The molecule has 1 atom stereocenters. The van der Waals surface area contributed by atoms with E-state index in [-0.39, 0.29) is 11.6 Å². The highest BCUT2D eigenvalue weighted by Crippen LogP contribution is 2.06. The summed E-state index contributed by atoms with van der Waals surface area (Å²) < 4.78 is 0.321. The van der Waals surface area contributed by atoms with Crippen LogP contribution in [0.3, 0.4) is 0 Å². The summed E-state index contributed by atoms with van der Waals surface area (Å²) in [5.41, 5.74) is 6.18. The van der Waals surface area contributed by atoms with Crippen LogP contribution in [0.25, 0.3) is 0 Å². The van der Waals surface area contributed by atoms with Crippen LogP contribution in [0.2, 0.25) is 0 Å². The summed E-state index contributed by atoms with van der Waals surface area (Å²) in [4.78, 5) is 16.2. The number of hydrogen-bond acceptors (Lipinski definition) is 3. The van der Waals surface area contributed by atoms with Crippen molar-refractivity contribution in [2.45, 2.75) is 19.4 Å². The summed E-state index contributed by atoms with van der Waals surface area (Å²) in [7, 11) is 0. The molecule has 0 bridgehead atoms. The van der Waals surface area contributed by atoms with Crippen molar-refractivity contribution in [3.63, 3.8) is 0 Å². The zero-order valence-corrected chi connectivity index (χ0v) is 7.57. The van der Waals surface area contributed by atoms with Crippen LogP contribution in [0.1, 0.15) is 25.1 Å². The Balaban J connectivity index is 3.17. The van der Waals surface area contributed by atoms with Crippen molar-refractivity contribution in [3.8, 4) is 0 Å². The first-order chi connectivity index (χ1) is 5.63. The number of rotatable bonds is 2. The first-order valence-electron chi connectivity index (χ1n) is 3.72. The molecule has 0 aliphatic heterocycles. The molecule has 0 aromatic carbocycles. The molecule has 1 aromatic heterocycles. The van der Waals surface area contributed by atoms with Crippen LogP contribution in [0, 0.1) is 4.77 Å². The maximum atomic E-state index is 10.9. The Morgan fingerprint density at radius 2 is 2.33 bits per heavy atom. The molecule has 0 aliphatic rings. The molecular formula is C7H11N3OS. The minimum Gasteiger partial charge on any atom is -0.334 e. The zero-order chi connectivity index (χ0) is 9.14. The summed E-state index contributed by atoms with van der Waals surface area (Å²) in [6.07, 6.45) is 0.773. The molecule has 0 saturated heterocycles. The van der Waals surface area contributed by atoms with Crippen molar-refractivity contribution in [3.05, 3.63) is 26.9 Å².